The van der Waals surface area contributed by atoms with E-state index in [0.717, 1.165) is 5.56 Å². The summed E-state index contributed by atoms with van der Waals surface area (Å²) in [5, 5.41) is 0. The Bertz CT molecular complexity index is 612. The minimum absolute atomic E-state index is 0.204. The molecule has 1 aromatic rings. The summed E-state index contributed by atoms with van der Waals surface area (Å²) in [6, 6.07) is 6.91. The molecule has 0 N–H and O–H groups in total. The maximum atomic E-state index is 12.7. The van der Waals surface area contributed by atoms with Crippen LogP contribution in [0.4, 0.5) is 0 Å². The van der Waals surface area contributed by atoms with Crippen LogP contribution in [0.15, 0.2) is 29.2 Å². The molecular formula is C15H21NO4S. The first-order chi connectivity index (χ1) is 9.96. The molecule has 0 spiro atoms. The van der Waals surface area contributed by atoms with Crippen molar-refractivity contribution >= 4 is 16.0 Å². The number of ether oxygens (including phenoxy) is 1. The molecule has 1 atom stereocenters. The molecule has 0 saturated carbocycles. The minimum Gasteiger partial charge on any atom is -0.466 e. The van der Waals surface area contributed by atoms with E-state index in [-0.39, 0.29) is 18.4 Å². The fraction of sp³-hybridized carbons (Fsp3) is 0.533. The van der Waals surface area contributed by atoms with Gasteiger partial charge in [0.2, 0.25) is 10.0 Å². The van der Waals surface area contributed by atoms with Gasteiger partial charge in [0.05, 0.1) is 17.4 Å². The van der Waals surface area contributed by atoms with Crippen LogP contribution in [0.5, 0.6) is 0 Å². The van der Waals surface area contributed by atoms with E-state index in [1.165, 1.54) is 4.31 Å². The van der Waals surface area contributed by atoms with Gasteiger partial charge in [-0.25, -0.2) is 8.42 Å². The monoisotopic (exact) mass is 311 g/mol. The summed E-state index contributed by atoms with van der Waals surface area (Å²) in [7, 11) is -3.55. The number of aryl methyl sites for hydroxylation is 1. The SMILES string of the molecule is CCOC(=O)C1CCCN(S(=O)(=O)c2ccccc2C)C1. The lowest BCUT2D eigenvalue weighted by molar-refractivity contribution is -0.149. The summed E-state index contributed by atoms with van der Waals surface area (Å²) < 4.78 is 31.8. The van der Waals surface area contributed by atoms with E-state index in [1.54, 1.807) is 32.0 Å². The van der Waals surface area contributed by atoms with Gasteiger partial charge in [0.15, 0.2) is 0 Å². The highest BCUT2D eigenvalue weighted by Gasteiger charge is 2.34. The molecule has 1 aliphatic rings. The van der Waals surface area contributed by atoms with Gasteiger partial charge in [-0.05, 0) is 38.3 Å². The predicted molar refractivity (Wildman–Crippen MR) is 79.3 cm³/mol. The Morgan fingerprint density at radius 3 is 2.76 bits per heavy atom. The van der Waals surface area contributed by atoms with Crippen LogP contribution in [-0.2, 0) is 19.6 Å². The van der Waals surface area contributed by atoms with Gasteiger partial charge in [-0.1, -0.05) is 18.2 Å². The van der Waals surface area contributed by atoms with E-state index in [1.807, 2.05) is 6.07 Å². The van der Waals surface area contributed by atoms with Gasteiger partial charge >= 0.3 is 5.97 Å². The fourth-order valence-electron chi connectivity index (χ4n) is 2.60. The number of sulfonamides is 1. The third kappa shape index (κ3) is 3.44. The molecule has 1 aliphatic heterocycles. The third-order valence-electron chi connectivity index (χ3n) is 3.72. The lowest BCUT2D eigenvalue weighted by atomic mass is 10.0. The van der Waals surface area contributed by atoms with Gasteiger partial charge in [0.25, 0.3) is 0 Å². The van der Waals surface area contributed by atoms with Crippen LogP contribution in [0.1, 0.15) is 25.3 Å². The standard InChI is InChI=1S/C15H21NO4S/c1-3-20-15(17)13-8-6-10-16(11-13)21(18,19)14-9-5-4-7-12(14)2/h4-5,7,9,13H,3,6,8,10-11H2,1-2H3. The van der Waals surface area contributed by atoms with Crippen molar-refractivity contribution in [3.05, 3.63) is 29.8 Å². The summed E-state index contributed by atoms with van der Waals surface area (Å²) in [4.78, 5) is 12.1. The van der Waals surface area contributed by atoms with Crippen LogP contribution in [0.2, 0.25) is 0 Å². The summed E-state index contributed by atoms with van der Waals surface area (Å²) in [6.45, 7) is 4.50. The molecule has 21 heavy (non-hydrogen) atoms. The summed E-state index contributed by atoms with van der Waals surface area (Å²) in [5.41, 5.74) is 0.718. The molecule has 1 heterocycles. The van der Waals surface area contributed by atoms with Crippen LogP contribution >= 0.6 is 0 Å². The number of benzene rings is 1. The number of hydrogen-bond acceptors (Lipinski definition) is 4. The van der Waals surface area contributed by atoms with E-state index >= 15 is 0 Å². The maximum Gasteiger partial charge on any atom is 0.310 e. The Hall–Kier alpha value is -1.40. The number of esters is 1. The smallest absolute Gasteiger partial charge is 0.310 e. The number of carbonyl (C=O) groups is 1. The average molecular weight is 311 g/mol. The number of hydrogen-bond donors (Lipinski definition) is 0. The van der Waals surface area contributed by atoms with Crippen molar-refractivity contribution < 1.29 is 17.9 Å². The molecule has 2 rings (SSSR count). The van der Waals surface area contributed by atoms with Crippen molar-refractivity contribution in [3.8, 4) is 0 Å². The molecule has 6 heteroatoms. The number of rotatable bonds is 4. The summed E-state index contributed by atoms with van der Waals surface area (Å²) in [6.07, 6.45) is 1.35. The van der Waals surface area contributed by atoms with E-state index in [0.29, 0.717) is 30.9 Å². The highest BCUT2D eigenvalue weighted by Crippen LogP contribution is 2.26. The number of piperidine rings is 1. The second-order valence-corrected chi connectivity index (χ2v) is 7.13. The van der Waals surface area contributed by atoms with Crippen molar-refractivity contribution in [1.29, 1.82) is 0 Å². The highest BCUT2D eigenvalue weighted by molar-refractivity contribution is 7.89. The minimum atomic E-state index is -3.55. The molecular weight excluding hydrogens is 290 g/mol. The zero-order valence-corrected chi connectivity index (χ0v) is 13.2. The van der Waals surface area contributed by atoms with Gasteiger partial charge in [-0.3, -0.25) is 4.79 Å². The van der Waals surface area contributed by atoms with Crippen molar-refractivity contribution in [1.82, 2.24) is 4.31 Å². The first-order valence-electron chi connectivity index (χ1n) is 7.19. The van der Waals surface area contributed by atoms with Crippen molar-refractivity contribution in [2.24, 2.45) is 5.92 Å². The second-order valence-electron chi connectivity index (χ2n) is 5.22. The molecule has 0 bridgehead atoms. The molecule has 0 aliphatic carbocycles. The molecule has 116 valence electrons. The zero-order chi connectivity index (χ0) is 15.5. The Kier molecular flexibility index (Phi) is 5.00. The van der Waals surface area contributed by atoms with Crippen LogP contribution < -0.4 is 0 Å². The quantitative estimate of drug-likeness (QED) is 0.797. The molecule has 0 aromatic heterocycles. The predicted octanol–water partition coefficient (Wildman–Crippen LogP) is 1.96. The first kappa shape index (κ1) is 16.0. The Balaban J connectivity index is 2.21. The topological polar surface area (TPSA) is 63.7 Å². The molecule has 5 nitrogen and oxygen atoms in total. The Labute approximate surface area is 126 Å². The normalized spacial score (nSPS) is 20.2. The van der Waals surface area contributed by atoms with Crippen molar-refractivity contribution in [3.63, 3.8) is 0 Å². The molecule has 1 aromatic carbocycles. The van der Waals surface area contributed by atoms with Crippen molar-refractivity contribution in [2.75, 3.05) is 19.7 Å². The largest absolute Gasteiger partial charge is 0.466 e. The van der Waals surface area contributed by atoms with Gasteiger partial charge in [0, 0.05) is 13.1 Å². The second kappa shape index (κ2) is 6.58. The van der Waals surface area contributed by atoms with E-state index < -0.39 is 10.0 Å². The van der Waals surface area contributed by atoms with E-state index in [9.17, 15) is 13.2 Å². The number of carbonyl (C=O) groups excluding carboxylic acids is 1. The van der Waals surface area contributed by atoms with Gasteiger partial charge < -0.3 is 4.74 Å². The molecule has 1 unspecified atom stereocenters. The van der Waals surface area contributed by atoms with Crippen LogP contribution in [0.3, 0.4) is 0 Å². The van der Waals surface area contributed by atoms with Crippen LogP contribution in [-0.4, -0.2) is 38.4 Å². The zero-order valence-electron chi connectivity index (χ0n) is 12.4. The third-order valence-corrected chi connectivity index (χ3v) is 5.74. The van der Waals surface area contributed by atoms with Gasteiger partial charge in [-0.15, -0.1) is 0 Å². The maximum absolute atomic E-state index is 12.7. The Morgan fingerprint density at radius 2 is 2.10 bits per heavy atom. The van der Waals surface area contributed by atoms with Crippen LogP contribution in [0, 0.1) is 12.8 Å². The lowest BCUT2D eigenvalue weighted by Crippen LogP contribution is -2.42. The average Bonchev–Trinajstić information content (AvgIpc) is 2.48. The lowest BCUT2D eigenvalue weighted by Gasteiger charge is -2.31. The fourth-order valence-corrected chi connectivity index (χ4v) is 4.35. The van der Waals surface area contributed by atoms with Gasteiger partial charge in [0.1, 0.15) is 0 Å². The highest BCUT2D eigenvalue weighted by atomic mass is 32.2. The Morgan fingerprint density at radius 1 is 1.38 bits per heavy atom. The number of nitrogens with zero attached hydrogens (tertiary/aromatic N) is 1. The van der Waals surface area contributed by atoms with E-state index in [4.69, 9.17) is 4.74 Å². The summed E-state index contributed by atoms with van der Waals surface area (Å²) >= 11 is 0. The summed E-state index contributed by atoms with van der Waals surface area (Å²) in [5.74, 6) is -0.667. The van der Waals surface area contributed by atoms with Crippen molar-refractivity contribution in [2.45, 2.75) is 31.6 Å². The molecule has 0 radical (unpaired) electrons. The molecule has 1 fully saturated rings. The van der Waals surface area contributed by atoms with Crippen LogP contribution in [0.25, 0.3) is 0 Å². The molecule has 0 amide bonds. The van der Waals surface area contributed by atoms with Gasteiger partial charge in [-0.2, -0.15) is 4.31 Å². The van der Waals surface area contributed by atoms with E-state index in [2.05, 4.69) is 0 Å². The molecule has 1 saturated heterocycles. The first-order valence-corrected chi connectivity index (χ1v) is 8.63.